The molecule has 0 atom stereocenters. The van der Waals surface area contributed by atoms with Gasteiger partial charge in [-0.3, -0.25) is 4.98 Å². The third-order valence-corrected chi connectivity index (χ3v) is 1.62. The highest BCUT2D eigenvalue weighted by atomic mass is 16.4. The first-order chi connectivity index (χ1) is 5.66. The molecule has 2 rings (SSSR count). The average molecular weight is 165 g/mol. The topological polar surface area (TPSA) is 98.0 Å². The lowest BCUT2D eigenvalue weighted by molar-refractivity contribution is 0.555. The van der Waals surface area contributed by atoms with E-state index < -0.39 is 5.76 Å². The fourth-order valence-corrected chi connectivity index (χ4v) is 1.03. The van der Waals surface area contributed by atoms with E-state index in [1.54, 1.807) is 6.07 Å². The largest absolute Gasteiger partial charge is 0.417 e. The molecule has 0 aliphatic heterocycles. The number of benzene rings is 1. The van der Waals surface area contributed by atoms with E-state index in [-0.39, 0.29) is 0 Å². The molecule has 5 nitrogen and oxygen atoms in total. The van der Waals surface area contributed by atoms with E-state index in [9.17, 15) is 4.79 Å². The van der Waals surface area contributed by atoms with Gasteiger partial charge in [-0.1, -0.05) is 0 Å². The molecule has 0 amide bonds. The Labute approximate surface area is 67.0 Å². The smallest absolute Gasteiger partial charge is 0.408 e. The first-order valence-corrected chi connectivity index (χ1v) is 3.34. The van der Waals surface area contributed by atoms with Crippen LogP contribution in [0.25, 0.3) is 11.1 Å². The quantitative estimate of drug-likeness (QED) is 0.488. The number of hydrogen-bond acceptors (Lipinski definition) is 4. The van der Waals surface area contributed by atoms with Crippen molar-refractivity contribution >= 4 is 22.5 Å². The second kappa shape index (κ2) is 2.04. The fourth-order valence-electron chi connectivity index (χ4n) is 1.03. The number of H-pyrrole nitrogens is 1. The monoisotopic (exact) mass is 165 g/mol. The summed E-state index contributed by atoms with van der Waals surface area (Å²) in [7, 11) is 0. The summed E-state index contributed by atoms with van der Waals surface area (Å²) in [5, 5.41) is 0. The Bertz CT molecular complexity index is 441. The molecule has 0 unspecified atom stereocenters. The van der Waals surface area contributed by atoms with Gasteiger partial charge in [0, 0.05) is 6.07 Å². The van der Waals surface area contributed by atoms with Crippen LogP contribution in [-0.2, 0) is 0 Å². The van der Waals surface area contributed by atoms with Gasteiger partial charge in [-0.05, 0) is 6.07 Å². The summed E-state index contributed by atoms with van der Waals surface area (Å²) in [6.45, 7) is 0. The molecule has 12 heavy (non-hydrogen) atoms. The minimum Gasteiger partial charge on any atom is -0.408 e. The summed E-state index contributed by atoms with van der Waals surface area (Å²) >= 11 is 0. The van der Waals surface area contributed by atoms with Crippen LogP contribution in [0, 0.1) is 0 Å². The summed E-state index contributed by atoms with van der Waals surface area (Å²) in [5.74, 6) is -0.505. The van der Waals surface area contributed by atoms with E-state index in [1.165, 1.54) is 6.07 Å². The van der Waals surface area contributed by atoms with Crippen LogP contribution >= 0.6 is 0 Å². The maximum absolute atomic E-state index is 10.7. The second-order valence-electron chi connectivity index (χ2n) is 2.49. The first-order valence-electron chi connectivity index (χ1n) is 3.34. The Balaban J connectivity index is 2.92. The lowest BCUT2D eigenvalue weighted by Crippen LogP contribution is -1.94. The van der Waals surface area contributed by atoms with E-state index in [2.05, 4.69) is 4.98 Å². The van der Waals surface area contributed by atoms with Gasteiger partial charge in [0.1, 0.15) is 0 Å². The number of oxazole rings is 1. The molecule has 0 saturated carbocycles. The van der Waals surface area contributed by atoms with Crippen LogP contribution in [-0.4, -0.2) is 4.98 Å². The molecule has 0 saturated heterocycles. The van der Waals surface area contributed by atoms with Crippen molar-refractivity contribution in [1.29, 1.82) is 0 Å². The van der Waals surface area contributed by atoms with Gasteiger partial charge >= 0.3 is 5.76 Å². The lowest BCUT2D eigenvalue weighted by Gasteiger charge is -1.96. The second-order valence-corrected chi connectivity index (χ2v) is 2.49. The lowest BCUT2D eigenvalue weighted by atomic mass is 10.2. The van der Waals surface area contributed by atoms with Crippen molar-refractivity contribution in [3.63, 3.8) is 0 Å². The van der Waals surface area contributed by atoms with Crippen LogP contribution < -0.4 is 17.2 Å². The molecule has 2 aromatic rings. The highest BCUT2D eigenvalue weighted by Crippen LogP contribution is 2.20. The minimum atomic E-state index is -0.505. The molecule has 0 spiro atoms. The van der Waals surface area contributed by atoms with E-state index in [1.807, 2.05) is 0 Å². The zero-order valence-electron chi connectivity index (χ0n) is 6.13. The number of nitrogen functional groups attached to an aromatic ring is 2. The molecule has 62 valence electrons. The van der Waals surface area contributed by atoms with Gasteiger partial charge in [0.25, 0.3) is 0 Å². The number of nitrogens with two attached hydrogens (primary N) is 2. The highest BCUT2D eigenvalue weighted by Gasteiger charge is 2.03. The molecule has 1 aromatic heterocycles. The van der Waals surface area contributed by atoms with Gasteiger partial charge in [-0.15, -0.1) is 0 Å². The Morgan fingerprint density at radius 2 is 1.92 bits per heavy atom. The SMILES string of the molecule is Nc1cc2[nH]c(=O)oc2cc1N. The van der Waals surface area contributed by atoms with Gasteiger partial charge in [0.2, 0.25) is 0 Å². The molecule has 1 heterocycles. The van der Waals surface area contributed by atoms with Crippen molar-refractivity contribution in [3.8, 4) is 0 Å². The number of anilines is 2. The van der Waals surface area contributed by atoms with Crippen molar-refractivity contribution in [2.24, 2.45) is 0 Å². The Morgan fingerprint density at radius 3 is 2.67 bits per heavy atom. The molecule has 0 aliphatic rings. The average Bonchev–Trinajstić information content (AvgIpc) is 2.30. The summed E-state index contributed by atoms with van der Waals surface area (Å²) in [6.07, 6.45) is 0. The van der Waals surface area contributed by atoms with Crippen LogP contribution in [0.1, 0.15) is 0 Å². The molecule has 5 heteroatoms. The summed E-state index contributed by atoms with van der Waals surface area (Å²) < 4.78 is 4.76. The van der Waals surface area contributed by atoms with Crippen LogP contribution in [0.5, 0.6) is 0 Å². The number of hydrogen-bond donors (Lipinski definition) is 3. The van der Waals surface area contributed by atoms with Gasteiger partial charge in [0.05, 0.1) is 16.9 Å². The van der Waals surface area contributed by atoms with Crippen molar-refractivity contribution < 1.29 is 4.42 Å². The van der Waals surface area contributed by atoms with Gasteiger partial charge < -0.3 is 15.9 Å². The number of nitrogens with one attached hydrogen (secondary N) is 1. The molecule has 0 bridgehead atoms. The van der Waals surface area contributed by atoms with Gasteiger partial charge in [-0.2, -0.15) is 0 Å². The summed E-state index contributed by atoms with van der Waals surface area (Å²) in [6, 6.07) is 3.08. The van der Waals surface area contributed by atoms with E-state index in [0.29, 0.717) is 22.5 Å². The van der Waals surface area contributed by atoms with Crippen molar-refractivity contribution in [1.82, 2.24) is 4.98 Å². The molecule has 0 radical (unpaired) electrons. The number of fused-ring (bicyclic) bond motifs is 1. The Hall–Kier alpha value is -1.91. The Morgan fingerprint density at radius 1 is 1.25 bits per heavy atom. The minimum absolute atomic E-state index is 0.408. The fraction of sp³-hybridized carbons (Fsp3) is 0. The third kappa shape index (κ3) is 0.833. The molecular formula is C7H7N3O2. The standard InChI is InChI=1S/C7H7N3O2/c8-3-1-5-6(2-4(3)9)12-7(11)10-5/h1-2H,8-9H2,(H,10,11). The van der Waals surface area contributed by atoms with E-state index >= 15 is 0 Å². The van der Waals surface area contributed by atoms with Gasteiger partial charge in [-0.25, -0.2) is 4.79 Å². The number of rotatable bonds is 0. The van der Waals surface area contributed by atoms with Crippen LogP contribution in [0.4, 0.5) is 11.4 Å². The maximum atomic E-state index is 10.7. The predicted octanol–water partition coefficient (Wildman–Crippen LogP) is 0.286. The summed E-state index contributed by atoms with van der Waals surface area (Å²) in [5.41, 5.74) is 12.8. The van der Waals surface area contributed by atoms with E-state index in [0.717, 1.165) is 0 Å². The maximum Gasteiger partial charge on any atom is 0.417 e. The summed E-state index contributed by atoms with van der Waals surface area (Å²) in [4.78, 5) is 13.2. The molecule has 1 aromatic carbocycles. The van der Waals surface area contributed by atoms with E-state index in [4.69, 9.17) is 15.9 Å². The molecule has 5 N–H and O–H groups in total. The first kappa shape index (κ1) is 6.78. The zero-order valence-corrected chi connectivity index (χ0v) is 6.13. The third-order valence-electron chi connectivity index (χ3n) is 1.62. The Kier molecular flexibility index (Phi) is 1.15. The van der Waals surface area contributed by atoms with Crippen molar-refractivity contribution in [3.05, 3.63) is 22.7 Å². The molecular weight excluding hydrogens is 158 g/mol. The highest BCUT2D eigenvalue weighted by molar-refractivity contribution is 5.83. The van der Waals surface area contributed by atoms with Crippen LogP contribution in [0.2, 0.25) is 0 Å². The van der Waals surface area contributed by atoms with Crippen molar-refractivity contribution in [2.75, 3.05) is 11.5 Å². The zero-order chi connectivity index (χ0) is 8.72. The van der Waals surface area contributed by atoms with Crippen molar-refractivity contribution in [2.45, 2.75) is 0 Å². The number of aromatic nitrogens is 1. The van der Waals surface area contributed by atoms with Crippen LogP contribution in [0.15, 0.2) is 21.3 Å². The van der Waals surface area contributed by atoms with Gasteiger partial charge in [0.15, 0.2) is 5.58 Å². The molecule has 0 fully saturated rings. The van der Waals surface area contributed by atoms with Crippen LogP contribution in [0.3, 0.4) is 0 Å². The molecule has 0 aliphatic carbocycles. The normalized spacial score (nSPS) is 10.7. The number of aromatic amines is 1. The predicted molar refractivity (Wildman–Crippen MR) is 45.7 cm³/mol.